The van der Waals surface area contributed by atoms with Crippen molar-refractivity contribution in [2.75, 3.05) is 0 Å². The molecule has 0 N–H and O–H groups in total. The first-order chi connectivity index (χ1) is 7.20. The summed E-state index contributed by atoms with van der Waals surface area (Å²) in [7, 11) is 0. The Bertz CT molecular complexity index is 389. The number of Topliss-reactive ketones (excluding diaryl/α,β-unsaturated/α-hetero) is 1. The molecule has 0 spiro atoms. The zero-order chi connectivity index (χ0) is 10.8. The molecule has 1 aliphatic rings. The van der Waals surface area contributed by atoms with Gasteiger partial charge >= 0.3 is 0 Å². The molecular weight excluding hydrogens is 215 g/mol. The van der Waals surface area contributed by atoms with Crippen molar-refractivity contribution < 1.29 is 9.18 Å². The van der Waals surface area contributed by atoms with Gasteiger partial charge in [0.15, 0.2) is 0 Å². The monoisotopic (exact) mass is 226 g/mol. The summed E-state index contributed by atoms with van der Waals surface area (Å²) in [6, 6.07) is 4.68. The standard InChI is InChI=1S/C12H12ClFO/c13-12-9(5-3-6-10(12)14)8-4-1-2-7-11(8)15/h3,5-6,8H,1-2,4,7H2. The van der Waals surface area contributed by atoms with Gasteiger partial charge in [0.25, 0.3) is 0 Å². The predicted molar refractivity (Wildman–Crippen MR) is 57.6 cm³/mol. The Morgan fingerprint density at radius 1 is 1.33 bits per heavy atom. The number of carbonyl (C=O) groups excluding carboxylic acids is 1. The lowest BCUT2D eigenvalue weighted by molar-refractivity contribution is -0.121. The van der Waals surface area contributed by atoms with E-state index in [1.54, 1.807) is 12.1 Å². The Kier molecular flexibility index (Phi) is 3.06. The van der Waals surface area contributed by atoms with E-state index in [1.165, 1.54) is 6.07 Å². The third kappa shape index (κ3) is 2.05. The van der Waals surface area contributed by atoms with Crippen molar-refractivity contribution in [3.05, 3.63) is 34.6 Å². The lowest BCUT2D eigenvalue weighted by Crippen LogP contribution is -2.17. The van der Waals surface area contributed by atoms with Crippen LogP contribution < -0.4 is 0 Å². The maximum absolute atomic E-state index is 13.2. The number of benzene rings is 1. The van der Waals surface area contributed by atoms with Gasteiger partial charge in [0.2, 0.25) is 0 Å². The van der Waals surface area contributed by atoms with Crippen LogP contribution in [0.1, 0.15) is 37.2 Å². The summed E-state index contributed by atoms with van der Waals surface area (Å²) in [6.45, 7) is 0. The van der Waals surface area contributed by atoms with Crippen LogP contribution in [-0.4, -0.2) is 5.78 Å². The number of halogens is 2. The molecule has 1 aromatic carbocycles. The molecule has 1 saturated carbocycles. The average molecular weight is 227 g/mol. The molecule has 0 saturated heterocycles. The first kappa shape index (κ1) is 10.6. The van der Waals surface area contributed by atoms with Crippen LogP contribution in [0.2, 0.25) is 5.02 Å². The Balaban J connectivity index is 2.35. The van der Waals surface area contributed by atoms with Crippen molar-refractivity contribution >= 4 is 17.4 Å². The van der Waals surface area contributed by atoms with E-state index in [9.17, 15) is 9.18 Å². The van der Waals surface area contributed by atoms with Gasteiger partial charge in [-0.1, -0.05) is 30.2 Å². The molecule has 1 nitrogen and oxygen atoms in total. The highest BCUT2D eigenvalue weighted by Gasteiger charge is 2.26. The highest BCUT2D eigenvalue weighted by molar-refractivity contribution is 6.31. The molecule has 0 radical (unpaired) electrons. The number of rotatable bonds is 1. The normalized spacial score (nSPS) is 21.7. The zero-order valence-corrected chi connectivity index (χ0v) is 9.06. The molecule has 1 aliphatic carbocycles. The van der Waals surface area contributed by atoms with Gasteiger partial charge in [0.1, 0.15) is 11.6 Å². The van der Waals surface area contributed by atoms with Gasteiger partial charge in [-0.3, -0.25) is 4.79 Å². The van der Waals surface area contributed by atoms with Gasteiger partial charge in [-0.15, -0.1) is 0 Å². The van der Waals surface area contributed by atoms with Crippen LogP contribution in [0.4, 0.5) is 4.39 Å². The fraction of sp³-hybridized carbons (Fsp3) is 0.417. The number of hydrogen-bond donors (Lipinski definition) is 0. The minimum Gasteiger partial charge on any atom is -0.299 e. The molecule has 0 amide bonds. The van der Waals surface area contributed by atoms with Gasteiger partial charge in [-0.05, 0) is 24.5 Å². The molecule has 2 rings (SSSR count). The quantitative estimate of drug-likeness (QED) is 0.714. The molecule has 1 aromatic rings. The fourth-order valence-electron chi connectivity index (χ4n) is 2.10. The molecular formula is C12H12ClFO. The summed E-state index contributed by atoms with van der Waals surface area (Å²) in [5.41, 5.74) is 0.654. The van der Waals surface area contributed by atoms with Gasteiger partial charge in [-0.2, -0.15) is 0 Å². The van der Waals surface area contributed by atoms with E-state index in [0.717, 1.165) is 19.3 Å². The van der Waals surface area contributed by atoms with Crippen molar-refractivity contribution in [1.29, 1.82) is 0 Å². The van der Waals surface area contributed by atoms with E-state index in [2.05, 4.69) is 0 Å². The van der Waals surface area contributed by atoms with E-state index in [0.29, 0.717) is 12.0 Å². The third-order valence-corrected chi connectivity index (χ3v) is 3.31. The highest BCUT2D eigenvalue weighted by Crippen LogP contribution is 2.34. The molecule has 1 fully saturated rings. The smallest absolute Gasteiger partial charge is 0.142 e. The maximum atomic E-state index is 13.2. The molecule has 0 bridgehead atoms. The van der Waals surface area contributed by atoms with Crippen LogP contribution in [0.5, 0.6) is 0 Å². The van der Waals surface area contributed by atoms with E-state index >= 15 is 0 Å². The van der Waals surface area contributed by atoms with Crippen LogP contribution in [-0.2, 0) is 4.79 Å². The molecule has 1 atom stereocenters. The SMILES string of the molecule is O=C1CCCCC1c1cccc(F)c1Cl. The number of hydrogen-bond acceptors (Lipinski definition) is 1. The van der Waals surface area contributed by atoms with E-state index < -0.39 is 5.82 Å². The highest BCUT2D eigenvalue weighted by atomic mass is 35.5. The van der Waals surface area contributed by atoms with Crippen molar-refractivity contribution in [2.24, 2.45) is 0 Å². The Morgan fingerprint density at radius 2 is 2.13 bits per heavy atom. The van der Waals surface area contributed by atoms with Crippen LogP contribution in [0.25, 0.3) is 0 Å². The zero-order valence-electron chi connectivity index (χ0n) is 8.30. The summed E-state index contributed by atoms with van der Waals surface area (Å²) in [6.07, 6.45) is 3.35. The summed E-state index contributed by atoms with van der Waals surface area (Å²) in [5.74, 6) is -0.441. The minimum atomic E-state index is -0.437. The molecule has 0 aliphatic heterocycles. The third-order valence-electron chi connectivity index (χ3n) is 2.91. The summed E-state index contributed by atoms with van der Waals surface area (Å²) in [5, 5.41) is 0.109. The largest absolute Gasteiger partial charge is 0.299 e. The van der Waals surface area contributed by atoms with E-state index in [1.807, 2.05) is 0 Å². The molecule has 15 heavy (non-hydrogen) atoms. The minimum absolute atomic E-state index is 0.109. The lowest BCUT2D eigenvalue weighted by atomic mass is 9.83. The van der Waals surface area contributed by atoms with Gasteiger partial charge in [0, 0.05) is 12.3 Å². The number of carbonyl (C=O) groups is 1. The molecule has 0 aromatic heterocycles. The van der Waals surface area contributed by atoms with Crippen molar-refractivity contribution in [2.45, 2.75) is 31.6 Å². The fourth-order valence-corrected chi connectivity index (χ4v) is 2.36. The van der Waals surface area contributed by atoms with Crippen LogP contribution in [0.15, 0.2) is 18.2 Å². The Morgan fingerprint density at radius 3 is 2.87 bits per heavy atom. The van der Waals surface area contributed by atoms with Gasteiger partial charge in [-0.25, -0.2) is 4.39 Å². The van der Waals surface area contributed by atoms with E-state index in [-0.39, 0.29) is 16.7 Å². The Labute approximate surface area is 93.2 Å². The summed E-state index contributed by atoms with van der Waals surface area (Å²) in [4.78, 5) is 11.7. The average Bonchev–Trinajstić information content (AvgIpc) is 2.23. The summed E-state index contributed by atoms with van der Waals surface area (Å²) >= 11 is 5.86. The number of ketones is 1. The van der Waals surface area contributed by atoms with Crippen molar-refractivity contribution in [3.63, 3.8) is 0 Å². The molecule has 80 valence electrons. The van der Waals surface area contributed by atoms with E-state index in [4.69, 9.17) is 11.6 Å². The maximum Gasteiger partial charge on any atom is 0.142 e. The van der Waals surface area contributed by atoms with Crippen LogP contribution >= 0.6 is 11.6 Å². The second-order valence-corrected chi connectivity index (χ2v) is 4.29. The second-order valence-electron chi connectivity index (χ2n) is 3.91. The predicted octanol–water partition coefficient (Wildman–Crippen LogP) is 3.71. The first-order valence-electron chi connectivity index (χ1n) is 5.17. The van der Waals surface area contributed by atoms with Crippen LogP contribution in [0.3, 0.4) is 0 Å². The summed E-state index contributed by atoms with van der Waals surface area (Å²) < 4.78 is 13.2. The lowest BCUT2D eigenvalue weighted by Gasteiger charge is -2.21. The topological polar surface area (TPSA) is 17.1 Å². The van der Waals surface area contributed by atoms with Gasteiger partial charge in [0.05, 0.1) is 5.02 Å². The Hall–Kier alpha value is -0.890. The molecule has 3 heteroatoms. The van der Waals surface area contributed by atoms with Crippen molar-refractivity contribution in [3.8, 4) is 0 Å². The van der Waals surface area contributed by atoms with Crippen molar-refractivity contribution in [1.82, 2.24) is 0 Å². The molecule has 0 heterocycles. The second kappa shape index (κ2) is 4.31. The first-order valence-corrected chi connectivity index (χ1v) is 5.54. The van der Waals surface area contributed by atoms with Gasteiger partial charge < -0.3 is 0 Å². The molecule has 1 unspecified atom stereocenters. The van der Waals surface area contributed by atoms with Crippen LogP contribution in [0, 0.1) is 5.82 Å².